The van der Waals surface area contributed by atoms with Gasteiger partial charge < -0.3 is 25.0 Å². The van der Waals surface area contributed by atoms with E-state index in [-0.39, 0.29) is 31.2 Å². The quantitative estimate of drug-likeness (QED) is 0.569. The number of amides is 2. The summed E-state index contributed by atoms with van der Waals surface area (Å²) in [6.45, 7) is 0.301. The number of halogens is 1. The molecule has 30 heavy (non-hydrogen) atoms. The fourth-order valence-corrected chi connectivity index (χ4v) is 3.44. The van der Waals surface area contributed by atoms with E-state index in [9.17, 15) is 24.6 Å². The van der Waals surface area contributed by atoms with E-state index in [1.165, 1.54) is 27.8 Å². The molecule has 0 unspecified atom stereocenters. The van der Waals surface area contributed by atoms with E-state index in [4.69, 9.17) is 11.6 Å². The van der Waals surface area contributed by atoms with E-state index in [0.717, 1.165) is 0 Å². The third-order valence-electron chi connectivity index (χ3n) is 4.81. The molecule has 154 valence electrons. The van der Waals surface area contributed by atoms with Crippen LogP contribution in [0, 0.1) is 0 Å². The van der Waals surface area contributed by atoms with Crippen molar-refractivity contribution in [1.82, 2.24) is 14.5 Å². The van der Waals surface area contributed by atoms with Crippen LogP contribution in [0.2, 0.25) is 5.02 Å². The second-order valence-electron chi connectivity index (χ2n) is 6.97. The summed E-state index contributed by atoms with van der Waals surface area (Å²) < 4.78 is 1.37. The molecule has 2 amide bonds. The van der Waals surface area contributed by atoms with Crippen LogP contribution < -0.4 is 5.32 Å². The van der Waals surface area contributed by atoms with Gasteiger partial charge >= 0.3 is 5.97 Å². The molecule has 1 aliphatic heterocycles. The molecule has 10 heteroatoms. The van der Waals surface area contributed by atoms with Crippen molar-refractivity contribution < 1.29 is 24.6 Å². The van der Waals surface area contributed by atoms with Gasteiger partial charge in [0.2, 0.25) is 5.91 Å². The molecule has 1 fully saturated rings. The number of rotatable bonds is 5. The summed E-state index contributed by atoms with van der Waals surface area (Å²) in [6, 6.07) is 9.32. The number of aliphatic hydroxyl groups is 1. The summed E-state index contributed by atoms with van der Waals surface area (Å²) in [5.41, 5.74) is 0.818. The summed E-state index contributed by atoms with van der Waals surface area (Å²) in [5, 5.41) is 22.5. The van der Waals surface area contributed by atoms with Crippen LogP contribution in [0.4, 0.5) is 5.82 Å². The number of carboxylic acid groups (broad SMARTS) is 1. The lowest BCUT2D eigenvalue weighted by Gasteiger charge is -2.35. The fraction of sp³-hybridized carbons (Fsp3) is 0.200. The van der Waals surface area contributed by atoms with Gasteiger partial charge in [0.1, 0.15) is 18.1 Å². The lowest BCUT2D eigenvalue weighted by molar-refractivity contribution is -0.116. The van der Waals surface area contributed by atoms with Crippen LogP contribution in [-0.4, -0.2) is 61.6 Å². The number of nitrogens with zero attached hydrogens (tertiary/aromatic N) is 3. The normalized spacial score (nSPS) is 13.9. The number of hydrogen-bond donors (Lipinski definition) is 3. The van der Waals surface area contributed by atoms with Crippen LogP contribution in [0.5, 0.6) is 0 Å². The predicted octanol–water partition coefficient (Wildman–Crippen LogP) is 1.84. The molecule has 0 bridgehead atoms. The van der Waals surface area contributed by atoms with Crippen molar-refractivity contribution in [2.45, 2.75) is 12.6 Å². The van der Waals surface area contributed by atoms with Crippen molar-refractivity contribution in [3.8, 4) is 0 Å². The number of β-amino-alcohol motifs (C(OH)–C–C–N with tert-alkyl or cyclic N) is 1. The van der Waals surface area contributed by atoms with Crippen molar-refractivity contribution in [2.24, 2.45) is 0 Å². The highest BCUT2D eigenvalue weighted by Crippen LogP contribution is 2.24. The van der Waals surface area contributed by atoms with Crippen molar-refractivity contribution in [1.29, 1.82) is 0 Å². The third kappa shape index (κ3) is 3.85. The lowest BCUT2D eigenvalue weighted by atomic mass is 10.1. The van der Waals surface area contributed by atoms with Crippen LogP contribution in [0.3, 0.4) is 0 Å². The molecule has 0 saturated carbocycles. The minimum absolute atomic E-state index is 0.0758. The average molecular weight is 429 g/mol. The van der Waals surface area contributed by atoms with E-state index in [1.54, 1.807) is 24.3 Å². The van der Waals surface area contributed by atoms with E-state index < -0.39 is 18.0 Å². The van der Waals surface area contributed by atoms with Gasteiger partial charge in [-0.25, -0.2) is 9.78 Å². The summed E-state index contributed by atoms with van der Waals surface area (Å²) in [5.74, 6) is -1.59. The number of hydrogen-bond acceptors (Lipinski definition) is 5. The third-order valence-corrected chi connectivity index (χ3v) is 5.04. The van der Waals surface area contributed by atoms with Crippen LogP contribution in [0.25, 0.3) is 10.9 Å². The van der Waals surface area contributed by atoms with E-state index in [2.05, 4.69) is 10.3 Å². The Kier molecular flexibility index (Phi) is 5.15. The van der Waals surface area contributed by atoms with Crippen LogP contribution in [0.1, 0.15) is 20.8 Å². The Labute approximate surface area is 175 Å². The summed E-state index contributed by atoms with van der Waals surface area (Å²) in [6.07, 6.45) is 0.881. The molecular formula is C20H17ClN4O5. The van der Waals surface area contributed by atoms with Crippen molar-refractivity contribution in [3.63, 3.8) is 0 Å². The zero-order valence-corrected chi connectivity index (χ0v) is 16.3. The van der Waals surface area contributed by atoms with Crippen molar-refractivity contribution in [3.05, 3.63) is 58.9 Å². The molecule has 1 aromatic carbocycles. The molecule has 3 heterocycles. The molecule has 4 rings (SSSR count). The number of aromatic nitrogens is 2. The number of benzene rings is 1. The van der Waals surface area contributed by atoms with Crippen molar-refractivity contribution in [2.75, 3.05) is 18.4 Å². The van der Waals surface area contributed by atoms with E-state index in [1.807, 2.05) is 0 Å². The molecule has 0 radical (unpaired) electrons. The molecule has 0 aliphatic carbocycles. The minimum Gasteiger partial charge on any atom is -0.477 e. The topological polar surface area (TPSA) is 125 Å². The second kappa shape index (κ2) is 7.77. The van der Waals surface area contributed by atoms with Gasteiger partial charge in [0.05, 0.1) is 11.1 Å². The van der Waals surface area contributed by atoms with Crippen LogP contribution >= 0.6 is 11.6 Å². The first-order chi connectivity index (χ1) is 14.3. The number of aromatic carboxylic acids is 1. The Balaban J connectivity index is 1.60. The molecule has 2 aromatic heterocycles. The first-order valence-corrected chi connectivity index (χ1v) is 9.45. The van der Waals surface area contributed by atoms with Gasteiger partial charge in [-0.1, -0.05) is 11.6 Å². The number of nitrogens with one attached hydrogen (secondary N) is 1. The molecule has 0 atom stereocenters. The Hall–Kier alpha value is -3.43. The number of carboxylic acids is 1. The van der Waals surface area contributed by atoms with E-state index in [0.29, 0.717) is 27.3 Å². The van der Waals surface area contributed by atoms with Gasteiger partial charge in [0.25, 0.3) is 5.91 Å². The largest absolute Gasteiger partial charge is 0.477 e. The molecular weight excluding hydrogens is 412 g/mol. The minimum atomic E-state index is -1.19. The summed E-state index contributed by atoms with van der Waals surface area (Å²) in [7, 11) is 0. The standard InChI is InChI=1S/C20H17ClN4O5/c21-13-2-4-17(22-7-13)23-18(27)10-25-15-3-1-11(19(28)24-8-14(26)9-24)5-12(15)6-16(25)20(29)30/h1-7,14,26H,8-10H2,(H,29,30)(H,22,23,27). The first kappa shape index (κ1) is 19.9. The Morgan fingerprint density at radius 1 is 1.17 bits per heavy atom. The number of anilines is 1. The van der Waals surface area contributed by atoms with Gasteiger partial charge in [0, 0.05) is 35.8 Å². The number of fused-ring (bicyclic) bond motifs is 1. The smallest absolute Gasteiger partial charge is 0.352 e. The van der Waals surface area contributed by atoms with Gasteiger partial charge in [-0.05, 0) is 36.4 Å². The second-order valence-corrected chi connectivity index (χ2v) is 7.40. The van der Waals surface area contributed by atoms with Crippen molar-refractivity contribution >= 4 is 46.1 Å². The van der Waals surface area contributed by atoms with Gasteiger partial charge in [-0.15, -0.1) is 0 Å². The molecule has 3 aromatic rings. The maximum Gasteiger partial charge on any atom is 0.352 e. The fourth-order valence-electron chi connectivity index (χ4n) is 3.33. The lowest BCUT2D eigenvalue weighted by Crippen LogP contribution is -2.53. The highest BCUT2D eigenvalue weighted by atomic mass is 35.5. The highest BCUT2D eigenvalue weighted by Gasteiger charge is 2.29. The predicted molar refractivity (Wildman–Crippen MR) is 109 cm³/mol. The monoisotopic (exact) mass is 428 g/mol. The summed E-state index contributed by atoms with van der Waals surface area (Å²) in [4.78, 5) is 42.1. The highest BCUT2D eigenvalue weighted by molar-refractivity contribution is 6.30. The molecule has 1 saturated heterocycles. The number of carbonyl (C=O) groups is 3. The van der Waals surface area contributed by atoms with Gasteiger partial charge in [-0.2, -0.15) is 0 Å². The average Bonchev–Trinajstić information content (AvgIpc) is 3.04. The van der Waals surface area contributed by atoms with Crippen LogP contribution in [-0.2, 0) is 11.3 Å². The Morgan fingerprint density at radius 2 is 1.93 bits per heavy atom. The van der Waals surface area contributed by atoms with E-state index >= 15 is 0 Å². The maximum absolute atomic E-state index is 12.5. The van der Waals surface area contributed by atoms with Gasteiger partial charge in [0.15, 0.2) is 0 Å². The van der Waals surface area contributed by atoms with Crippen LogP contribution in [0.15, 0.2) is 42.6 Å². The maximum atomic E-state index is 12.5. The van der Waals surface area contributed by atoms with Gasteiger partial charge in [-0.3, -0.25) is 9.59 Å². The number of pyridine rings is 1. The first-order valence-electron chi connectivity index (χ1n) is 9.07. The Morgan fingerprint density at radius 3 is 2.57 bits per heavy atom. The number of aliphatic hydroxyl groups excluding tert-OH is 1. The summed E-state index contributed by atoms with van der Waals surface area (Å²) >= 11 is 5.77. The zero-order valence-electron chi connectivity index (χ0n) is 15.6. The molecule has 3 N–H and O–H groups in total. The number of likely N-dealkylation sites (tertiary alicyclic amines) is 1. The molecule has 1 aliphatic rings. The number of carbonyl (C=O) groups excluding carboxylic acids is 2. The molecule has 0 spiro atoms. The Bertz CT molecular complexity index is 1150. The zero-order chi connectivity index (χ0) is 21.4. The molecule has 9 nitrogen and oxygen atoms in total. The SMILES string of the molecule is O=C(Cn1c(C(=O)O)cc2cc(C(=O)N3CC(O)C3)ccc21)Nc1ccc(Cl)cn1.